The fraction of sp³-hybridized carbons (Fsp3) is 0.519. The number of thioether (sulfide) groups is 1. The second-order valence-corrected chi connectivity index (χ2v) is 14.2. The number of amidine groups is 1. The Morgan fingerprint density at radius 3 is 2.39 bits per heavy atom. The number of rotatable bonds is 6. The highest BCUT2D eigenvalue weighted by Gasteiger charge is 2.34. The van der Waals surface area contributed by atoms with Gasteiger partial charge in [0.1, 0.15) is 16.7 Å². The number of aliphatic imine (C=N–C) groups is 1. The monoisotopic (exact) mass is 578 g/mol. The molecule has 2 aromatic heterocycles. The van der Waals surface area contributed by atoms with E-state index in [1.807, 2.05) is 19.2 Å². The smallest absolute Gasteiger partial charge is 0.213 e. The van der Waals surface area contributed by atoms with Crippen LogP contribution in [0.3, 0.4) is 0 Å². The lowest BCUT2D eigenvalue weighted by atomic mass is 9.81. The molecule has 0 saturated carbocycles. The number of aromatic nitrogens is 3. The van der Waals surface area contributed by atoms with Gasteiger partial charge in [0, 0.05) is 23.8 Å². The van der Waals surface area contributed by atoms with Crippen LogP contribution in [-0.4, -0.2) is 59.8 Å². The molecular weight excluding hydrogens is 540 g/mol. The average molecular weight is 579 g/mol. The molecule has 1 N–H and O–H groups in total. The Kier molecular flexibility index (Phi) is 8.80. The van der Waals surface area contributed by atoms with Gasteiger partial charge in [-0.3, -0.25) is 4.99 Å². The van der Waals surface area contributed by atoms with Crippen LogP contribution >= 0.6 is 24.2 Å². The van der Waals surface area contributed by atoms with Gasteiger partial charge in [0.2, 0.25) is 9.84 Å². The van der Waals surface area contributed by atoms with Crippen LogP contribution in [0.5, 0.6) is 0 Å². The average Bonchev–Trinajstić information content (AvgIpc) is 3.18. The number of anilines is 1. The van der Waals surface area contributed by atoms with Crippen molar-refractivity contribution in [1.29, 1.82) is 0 Å². The first-order valence-corrected chi connectivity index (χ1v) is 15.3. The second-order valence-electron chi connectivity index (χ2n) is 11.5. The lowest BCUT2D eigenvalue weighted by Gasteiger charge is -2.40. The van der Waals surface area contributed by atoms with E-state index in [-0.39, 0.29) is 39.2 Å². The van der Waals surface area contributed by atoms with Crippen LogP contribution in [-0.2, 0) is 9.84 Å². The molecule has 4 rings (SSSR count). The molecule has 1 aliphatic heterocycles. The summed E-state index contributed by atoms with van der Waals surface area (Å²) in [4.78, 5) is 12.1. The number of nitrogens with zero attached hydrogens (tertiary/aromatic N) is 5. The van der Waals surface area contributed by atoms with Crippen LogP contribution in [0.2, 0.25) is 0 Å². The van der Waals surface area contributed by atoms with Crippen molar-refractivity contribution in [2.45, 2.75) is 81.3 Å². The van der Waals surface area contributed by atoms with Crippen molar-refractivity contribution in [3.8, 4) is 0 Å². The van der Waals surface area contributed by atoms with Crippen molar-refractivity contribution in [3.05, 3.63) is 42.1 Å². The summed E-state index contributed by atoms with van der Waals surface area (Å²) in [6, 6.07) is 10.4. The van der Waals surface area contributed by atoms with Crippen LogP contribution in [0.1, 0.15) is 53.7 Å². The molecule has 0 radical (unpaired) electrons. The Balaban J connectivity index is 0.00000400. The molecule has 11 heteroatoms. The third kappa shape index (κ3) is 6.13. The molecule has 0 aliphatic carbocycles. The fourth-order valence-corrected chi connectivity index (χ4v) is 7.71. The van der Waals surface area contributed by atoms with Crippen molar-refractivity contribution in [2.24, 2.45) is 10.4 Å². The Hall–Kier alpha value is -2.30. The normalized spacial score (nSPS) is 16.8. The number of benzene rings is 1. The SMILES string of the molecule is CSc1nn2c(N3CCN=C(NC(C)(C)CC(C)(C)C)C3C)cc(C)nc2c1S(=O)(=O)c1ccccc1.Cl. The maximum Gasteiger partial charge on any atom is 0.213 e. The Morgan fingerprint density at radius 2 is 1.79 bits per heavy atom. The lowest BCUT2D eigenvalue weighted by Crippen LogP contribution is -2.56. The summed E-state index contributed by atoms with van der Waals surface area (Å²) in [5.74, 6) is 1.74. The van der Waals surface area contributed by atoms with Crippen LogP contribution in [0.25, 0.3) is 5.65 Å². The predicted octanol–water partition coefficient (Wildman–Crippen LogP) is 5.43. The van der Waals surface area contributed by atoms with Crippen LogP contribution in [0.4, 0.5) is 5.82 Å². The van der Waals surface area contributed by atoms with Gasteiger partial charge in [-0.2, -0.15) is 9.61 Å². The molecule has 38 heavy (non-hydrogen) atoms. The van der Waals surface area contributed by atoms with E-state index >= 15 is 0 Å². The standard InChI is InChI=1S/C27H38N6O2S2.ClH/c1-18-16-21(32-15-14-28-23(19(32)2)30-27(6,7)17-26(3,4)5)33-24(29-18)22(25(31-33)36-8)37(34,35)20-12-10-9-11-13-20;/h9-13,16,19H,14-15,17H2,1-8H3,(H,28,30);1H. The molecule has 0 fully saturated rings. The molecular formula is C27H39ClN6O2S2. The summed E-state index contributed by atoms with van der Waals surface area (Å²) in [6.07, 6.45) is 2.83. The van der Waals surface area contributed by atoms with E-state index < -0.39 is 9.84 Å². The highest BCUT2D eigenvalue weighted by atomic mass is 35.5. The number of hydrogen-bond acceptors (Lipinski definition) is 8. The molecule has 0 amide bonds. The summed E-state index contributed by atoms with van der Waals surface area (Å²) in [6.45, 7) is 16.5. The van der Waals surface area contributed by atoms with Crippen LogP contribution in [0.15, 0.2) is 56.2 Å². The highest BCUT2D eigenvalue weighted by molar-refractivity contribution is 7.99. The van der Waals surface area contributed by atoms with Crippen molar-refractivity contribution >= 4 is 51.3 Å². The van der Waals surface area contributed by atoms with Gasteiger partial charge in [0.05, 0.1) is 17.5 Å². The molecule has 1 atom stereocenters. The summed E-state index contributed by atoms with van der Waals surface area (Å²) >= 11 is 1.31. The first-order chi connectivity index (χ1) is 17.2. The van der Waals surface area contributed by atoms with E-state index in [1.165, 1.54) is 11.8 Å². The van der Waals surface area contributed by atoms with Gasteiger partial charge < -0.3 is 10.2 Å². The van der Waals surface area contributed by atoms with Crippen molar-refractivity contribution in [1.82, 2.24) is 19.9 Å². The zero-order valence-electron chi connectivity index (χ0n) is 23.4. The molecule has 208 valence electrons. The minimum Gasteiger partial charge on any atom is -0.367 e. The molecule has 0 spiro atoms. The number of hydrogen-bond donors (Lipinski definition) is 1. The Morgan fingerprint density at radius 1 is 1.13 bits per heavy atom. The summed E-state index contributed by atoms with van der Waals surface area (Å²) < 4.78 is 29.1. The summed E-state index contributed by atoms with van der Waals surface area (Å²) in [7, 11) is -3.82. The van der Waals surface area contributed by atoms with Gasteiger partial charge in [-0.1, -0.05) is 39.0 Å². The van der Waals surface area contributed by atoms with Gasteiger partial charge in [0.15, 0.2) is 10.5 Å². The molecule has 8 nitrogen and oxygen atoms in total. The fourth-order valence-electron chi connectivity index (χ4n) is 5.30. The number of aryl methyl sites for hydroxylation is 1. The van der Waals surface area contributed by atoms with Crippen LogP contribution in [0, 0.1) is 12.3 Å². The third-order valence-corrected chi connectivity index (χ3v) is 8.97. The first kappa shape index (κ1) is 30.2. The largest absolute Gasteiger partial charge is 0.367 e. The van der Waals surface area contributed by atoms with Gasteiger partial charge in [-0.05, 0) is 57.9 Å². The van der Waals surface area contributed by atoms with Crippen molar-refractivity contribution < 1.29 is 8.42 Å². The molecule has 1 unspecified atom stereocenters. The Labute approximate surface area is 237 Å². The molecule has 1 aromatic carbocycles. The van der Waals surface area contributed by atoms with Crippen molar-refractivity contribution in [3.63, 3.8) is 0 Å². The molecule has 1 aliphatic rings. The summed E-state index contributed by atoms with van der Waals surface area (Å²) in [5.41, 5.74) is 1.12. The van der Waals surface area contributed by atoms with E-state index in [1.54, 1.807) is 34.8 Å². The maximum absolute atomic E-state index is 13.7. The molecule has 0 bridgehead atoms. The quantitative estimate of drug-likeness (QED) is 0.390. The van der Waals surface area contributed by atoms with E-state index in [2.05, 4.69) is 56.7 Å². The maximum atomic E-state index is 13.7. The zero-order chi connectivity index (χ0) is 27.2. The van der Waals surface area contributed by atoms with Crippen LogP contribution < -0.4 is 10.2 Å². The van der Waals surface area contributed by atoms with Gasteiger partial charge >= 0.3 is 0 Å². The lowest BCUT2D eigenvalue weighted by molar-refractivity contribution is 0.265. The minimum atomic E-state index is -3.82. The van der Waals surface area contributed by atoms with E-state index in [0.29, 0.717) is 23.8 Å². The number of nitrogens with one attached hydrogen (secondary N) is 1. The third-order valence-electron chi connectivity index (χ3n) is 6.36. The van der Waals surface area contributed by atoms with Gasteiger partial charge in [0.25, 0.3) is 0 Å². The molecule has 0 saturated heterocycles. The molecule has 3 aromatic rings. The highest BCUT2D eigenvalue weighted by Crippen LogP contribution is 2.35. The second kappa shape index (κ2) is 11.1. The minimum absolute atomic E-state index is 0. The number of halogens is 1. The van der Waals surface area contributed by atoms with E-state index in [9.17, 15) is 8.42 Å². The number of fused-ring (bicyclic) bond motifs is 1. The van der Waals surface area contributed by atoms with Gasteiger partial charge in [-0.25, -0.2) is 13.4 Å². The van der Waals surface area contributed by atoms with E-state index in [4.69, 9.17) is 10.1 Å². The number of sulfone groups is 1. The predicted molar refractivity (Wildman–Crippen MR) is 159 cm³/mol. The first-order valence-electron chi connectivity index (χ1n) is 12.6. The zero-order valence-corrected chi connectivity index (χ0v) is 25.9. The Bertz CT molecular complexity index is 1430. The topological polar surface area (TPSA) is 92.0 Å². The van der Waals surface area contributed by atoms with Gasteiger partial charge in [-0.15, -0.1) is 24.2 Å². The van der Waals surface area contributed by atoms with Crippen molar-refractivity contribution in [2.75, 3.05) is 24.2 Å². The van der Waals surface area contributed by atoms with E-state index in [0.717, 1.165) is 23.8 Å². The summed E-state index contributed by atoms with van der Waals surface area (Å²) in [5, 5.41) is 8.89. The molecule has 3 heterocycles.